The average Bonchev–Trinajstić information content (AvgIpc) is 2.24. The molecule has 1 aromatic carbocycles. The van der Waals surface area contributed by atoms with Crippen LogP contribution >= 0.6 is 11.6 Å². The number of unbranched alkanes of at least 4 members (excludes halogenated alkanes) is 1. The van der Waals surface area contributed by atoms with E-state index < -0.39 is 6.18 Å². The van der Waals surface area contributed by atoms with E-state index in [1.165, 1.54) is 0 Å². The van der Waals surface area contributed by atoms with E-state index >= 15 is 0 Å². The molecule has 0 radical (unpaired) electrons. The van der Waals surface area contributed by atoms with Crippen LogP contribution in [0, 0.1) is 0 Å². The van der Waals surface area contributed by atoms with Crippen LogP contribution in [0.2, 0.25) is 5.02 Å². The highest BCUT2D eigenvalue weighted by atomic mass is 35.5. The molecule has 0 unspecified atom stereocenters. The van der Waals surface area contributed by atoms with Crippen molar-refractivity contribution in [3.8, 4) is 5.75 Å². The van der Waals surface area contributed by atoms with Crippen LogP contribution in [0.5, 0.6) is 5.75 Å². The van der Waals surface area contributed by atoms with Crippen molar-refractivity contribution >= 4 is 11.6 Å². The molecule has 94 valence electrons. The molecule has 0 aromatic heterocycles. The highest BCUT2D eigenvalue weighted by Crippen LogP contribution is 2.17. The molecular formula is C12H12ClF3O. The molecule has 0 atom stereocenters. The van der Waals surface area contributed by atoms with Crippen LogP contribution in [0.3, 0.4) is 0 Å². The first-order chi connectivity index (χ1) is 7.97. The van der Waals surface area contributed by atoms with Crippen molar-refractivity contribution in [3.05, 3.63) is 41.4 Å². The van der Waals surface area contributed by atoms with Gasteiger partial charge in [-0.05, 0) is 37.1 Å². The van der Waals surface area contributed by atoms with E-state index in [9.17, 15) is 13.2 Å². The predicted molar refractivity (Wildman–Crippen MR) is 61.4 cm³/mol. The smallest absolute Gasteiger partial charge is 0.409 e. The van der Waals surface area contributed by atoms with Crippen molar-refractivity contribution in [2.24, 2.45) is 0 Å². The first kappa shape index (κ1) is 13.9. The number of halogens is 4. The van der Waals surface area contributed by atoms with Gasteiger partial charge in [0.05, 0.1) is 6.61 Å². The van der Waals surface area contributed by atoms with Crippen LogP contribution in [-0.2, 0) is 0 Å². The average molecular weight is 265 g/mol. The molecule has 0 saturated heterocycles. The lowest BCUT2D eigenvalue weighted by Gasteiger charge is -2.04. The van der Waals surface area contributed by atoms with Gasteiger partial charge in [0.2, 0.25) is 0 Å². The summed E-state index contributed by atoms with van der Waals surface area (Å²) in [7, 11) is 0. The van der Waals surface area contributed by atoms with Crippen LogP contribution in [0.1, 0.15) is 12.8 Å². The predicted octanol–water partition coefficient (Wildman–Crippen LogP) is 4.62. The largest absolute Gasteiger partial charge is 0.494 e. The fraction of sp³-hybridized carbons (Fsp3) is 0.333. The Morgan fingerprint density at radius 2 is 1.82 bits per heavy atom. The molecule has 5 heteroatoms. The van der Waals surface area contributed by atoms with Gasteiger partial charge in [-0.2, -0.15) is 13.2 Å². The molecule has 1 nitrogen and oxygen atoms in total. The van der Waals surface area contributed by atoms with Crippen molar-refractivity contribution in [3.63, 3.8) is 0 Å². The second kappa shape index (κ2) is 6.55. The zero-order valence-corrected chi connectivity index (χ0v) is 9.76. The number of ether oxygens (including phenoxy) is 1. The zero-order valence-electron chi connectivity index (χ0n) is 9.01. The lowest BCUT2D eigenvalue weighted by molar-refractivity contribution is -0.0800. The maximum absolute atomic E-state index is 11.7. The van der Waals surface area contributed by atoms with Crippen molar-refractivity contribution < 1.29 is 17.9 Å². The molecule has 17 heavy (non-hydrogen) atoms. The number of rotatable bonds is 5. The Labute approximate surface area is 103 Å². The minimum absolute atomic E-state index is 0.245. The van der Waals surface area contributed by atoms with Crippen LogP contribution in [-0.4, -0.2) is 12.8 Å². The number of hydrogen-bond acceptors (Lipinski definition) is 1. The van der Waals surface area contributed by atoms with Gasteiger partial charge in [0.25, 0.3) is 0 Å². The molecule has 1 aromatic rings. The molecule has 0 spiro atoms. The van der Waals surface area contributed by atoms with Crippen LogP contribution in [0.15, 0.2) is 36.4 Å². The summed E-state index contributed by atoms with van der Waals surface area (Å²) in [5.41, 5.74) is 0. The van der Waals surface area contributed by atoms with Gasteiger partial charge >= 0.3 is 6.18 Å². The zero-order chi connectivity index (χ0) is 12.7. The first-order valence-electron chi connectivity index (χ1n) is 5.10. The number of hydrogen-bond donors (Lipinski definition) is 0. The minimum Gasteiger partial charge on any atom is -0.494 e. The molecule has 0 saturated carbocycles. The van der Waals surface area contributed by atoms with Crippen molar-refractivity contribution in [2.45, 2.75) is 19.0 Å². The standard InChI is InChI=1S/C12H12ClF3O/c13-10-4-6-11(7-5-10)17-9-3-1-2-8-12(14,15)16/h2,4-8H,1,3,9H2/b8-2+. The third kappa shape index (κ3) is 6.89. The number of alkyl halides is 3. The van der Waals surface area contributed by atoms with Crippen molar-refractivity contribution in [1.29, 1.82) is 0 Å². The molecule has 0 aliphatic rings. The van der Waals surface area contributed by atoms with Crippen LogP contribution in [0.25, 0.3) is 0 Å². The molecule has 1 rings (SSSR count). The summed E-state index contributed by atoms with van der Waals surface area (Å²) in [5, 5.41) is 0.616. The summed E-state index contributed by atoms with van der Waals surface area (Å²) in [5.74, 6) is 0.661. The van der Waals surface area contributed by atoms with E-state index in [2.05, 4.69) is 0 Å². The molecule has 0 aliphatic heterocycles. The van der Waals surface area contributed by atoms with E-state index in [1.54, 1.807) is 24.3 Å². The monoisotopic (exact) mass is 264 g/mol. The first-order valence-corrected chi connectivity index (χ1v) is 5.48. The SMILES string of the molecule is FC(F)(F)/C=C/CCCOc1ccc(Cl)cc1. The van der Waals surface area contributed by atoms with E-state index in [4.69, 9.17) is 16.3 Å². The lowest BCUT2D eigenvalue weighted by Crippen LogP contribution is -2.01. The van der Waals surface area contributed by atoms with Gasteiger partial charge in [0.15, 0.2) is 0 Å². The van der Waals surface area contributed by atoms with E-state index in [-0.39, 0.29) is 6.08 Å². The van der Waals surface area contributed by atoms with E-state index in [0.29, 0.717) is 30.2 Å². The third-order valence-corrected chi connectivity index (χ3v) is 2.16. The molecule has 0 amide bonds. The summed E-state index contributed by atoms with van der Waals surface area (Å²) < 4.78 is 40.5. The lowest BCUT2D eigenvalue weighted by atomic mass is 10.3. The van der Waals surface area contributed by atoms with Gasteiger partial charge in [-0.3, -0.25) is 0 Å². The second-order valence-electron chi connectivity index (χ2n) is 3.39. The summed E-state index contributed by atoms with van der Waals surface area (Å²) in [4.78, 5) is 0. The maximum Gasteiger partial charge on any atom is 0.409 e. The Morgan fingerprint density at radius 1 is 1.18 bits per heavy atom. The quantitative estimate of drug-likeness (QED) is 0.557. The summed E-state index contributed by atoms with van der Waals surface area (Å²) >= 11 is 5.69. The van der Waals surface area contributed by atoms with Gasteiger partial charge in [-0.1, -0.05) is 17.7 Å². The molecule has 0 aliphatic carbocycles. The fourth-order valence-corrected chi connectivity index (χ4v) is 1.26. The molecule has 0 fully saturated rings. The summed E-state index contributed by atoms with van der Waals surface area (Å²) in [6, 6.07) is 6.82. The Balaban J connectivity index is 2.16. The Hall–Kier alpha value is -1.16. The van der Waals surface area contributed by atoms with Gasteiger partial charge in [0.1, 0.15) is 5.75 Å². The van der Waals surface area contributed by atoms with Gasteiger partial charge in [-0.15, -0.1) is 0 Å². The van der Waals surface area contributed by atoms with Crippen molar-refractivity contribution in [1.82, 2.24) is 0 Å². The van der Waals surface area contributed by atoms with Crippen LogP contribution in [0.4, 0.5) is 13.2 Å². The summed E-state index contributed by atoms with van der Waals surface area (Å²) in [6.07, 6.45) is -2.00. The normalized spacial score (nSPS) is 12.0. The van der Waals surface area contributed by atoms with E-state index in [1.807, 2.05) is 0 Å². The molecule has 0 heterocycles. The summed E-state index contributed by atoms with van der Waals surface area (Å²) in [6.45, 7) is 0.379. The minimum atomic E-state index is -4.23. The molecule has 0 N–H and O–H groups in total. The second-order valence-corrected chi connectivity index (χ2v) is 3.83. The van der Waals surface area contributed by atoms with Gasteiger partial charge < -0.3 is 4.74 Å². The highest BCUT2D eigenvalue weighted by molar-refractivity contribution is 6.30. The highest BCUT2D eigenvalue weighted by Gasteiger charge is 2.21. The van der Waals surface area contributed by atoms with Crippen molar-refractivity contribution in [2.75, 3.05) is 6.61 Å². The van der Waals surface area contributed by atoms with E-state index in [0.717, 1.165) is 6.08 Å². The fourth-order valence-electron chi connectivity index (χ4n) is 1.14. The Kier molecular flexibility index (Phi) is 5.35. The van der Waals surface area contributed by atoms with Crippen LogP contribution < -0.4 is 4.74 Å². The Morgan fingerprint density at radius 3 is 2.41 bits per heavy atom. The third-order valence-electron chi connectivity index (χ3n) is 1.90. The number of allylic oxidation sites excluding steroid dienone is 2. The maximum atomic E-state index is 11.7. The van der Waals surface area contributed by atoms with Gasteiger partial charge in [-0.25, -0.2) is 0 Å². The van der Waals surface area contributed by atoms with Gasteiger partial charge in [0, 0.05) is 11.1 Å². The molecular weight excluding hydrogens is 253 g/mol. The molecule has 0 bridgehead atoms. The topological polar surface area (TPSA) is 9.23 Å². The number of benzene rings is 1. The Bertz CT molecular complexity index is 357.